The van der Waals surface area contributed by atoms with E-state index >= 15 is 0 Å². The van der Waals surface area contributed by atoms with Crippen molar-refractivity contribution in [3.8, 4) is 0 Å². The molecule has 0 spiro atoms. The van der Waals surface area contributed by atoms with Crippen LogP contribution < -0.4 is 0 Å². The summed E-state index contributed by atoms with van der Waals surface area (Å²) < 4.78 is 1.90. The molecular weight excluding hydrogens is 162 g/mol. The minimum atomic E-state index is -0.283. The van der Waals surface area contributed by atoms with Gasteiger partial charge in [-0.3, -0.25) is 0 Å². The van der Waals surface area contributed by atoms with Gasteiger partial charge in [0.25, 0.3) is 0 Å². The molecule has 2 rings (SSSR count). The number of fused-ring (bicyclic) bond motifs is 2. The van der Waals surface area contributed by atoms with Crippen LogP contribution in [0.4, 0.5) is 0 Å². The lowest BCUT2D eigenvalue weighted by molar-refractivity contribution is 0.0593. The molecule has 2 bridgehead atoms. The third-order valence-electron chi connectivity index (χ3n) is 2.73. The monoisotopic (exact) mass is 175 g/mol. The van der Waals surface area contributed by atoms with Gasteiger partial charge in [0, 0.05) is 12.1 Å². The van der Waals surface area contributed by atoms with Crippen LogP contribution >= 0.6 is 12.8 Å². The largest absolute Gasteiger partial charge is 0.393 e. The van der Waals surface area contributed by atoms with E-state index in [0.29, 0.717) is 6.42 Å². The first-order chi connectivity index (χ1) is 5.18. The van der Waals surface area contributed by atoms with Crippen molar-refractivity contribution in [3.05, 3.63) is 0 Å². The summed E-state index contributed by atoms with van der Waals surface area (Å²) in [5.74, 6) is 0. The summed E-state index contributed by atoms with van der Waals surface area (Å²) in [6.45, 7) is 0. The highest BCUT2D eigenvalue weighted by atomic mass is 32.1. The second-order valence-electron chi connectivity index (χ2n) is 3.53. The molecule has 2 aliphatic heterocycles. The first-order valence-corrected chi connectivity index (χ1v) is 4.42. The van der Waals surface area contributed by atoms with E-state index in [2.05, 4.69) is 12.8 Å². The van der Waals surface area contributed by atoms with E-state index in [1.807, 2.05) is 4.31 Å². The van der Waals surface area contributed by atoms with Crippen molar-refractivity contribution < 1.29 is 10.2 Å². The van der Waals surface area contributed by atoms with E-state index in [1.165, 1.54) is 0 Å². The van der Waals surface area contributed by atoms with Crippen molar-refractivity contribution >= 4 is 12.8 Å². The maximum atomic E-state index is 9.49. The van der Waals surface area contributed by atoms with Gasteiger partial charge in [0.1, 0.15) is 0 Å². The van der Waals surface area contributed by atoms with Crippen molar-refractivity contribution in [2.45, 2.75) is 43.6 Å². The molecule has 2 heterocycles. The van der Waals surface area contributed by atoms with Crippen molar-refractivity contribution in [2.75, 3.05) is 0 Å². The fraction of sp³-hybridized carbons (Fsp3) is 1.00. The maximum Gasteiger partial charge on any atom is 0.0721 e. The average molecular weight is 175 g/mol. The molecule has 4 unspecified atom stereocenters. The molecule has 2 saturated heterocycles. The van der Waals surface area contributed by atoms with Gasteiger partial charge in [-0.25, -0.2) is 4.31 Å². The summed E-state index contributed by atoms with van der Waals surface area (Å²) in [6, 6.07) is 0.356. The first-order valence-electron chi connectivity index (χ1n) is 4.02. The standard InChI is InChI=1S/C7H13NO2S/c9-5-1-4-2-7(10)6(3-5)8(4)11/h4-7,9-11H,1-3H2. The molecule has 0 saturated carbocycles. The lowest BCUT2D eigenvalue weighted by Gasteiger charge is -2.32. The maximum absolute atomic E-state index is 9.49. The van der Waals surface area contributed by atoms with Gasteiger partial charge in [-0.1, -0.05) is 12.8 Å². The van der Waals surface area contributed by atoms with E-state index in [4.69, 9.17) is 0 Å². The quantitative estimate of drug-likeness (QED) is 0.446. The molecule has 64 valence electrons. The molecule has 0 amide bonds. The van der Waals surface area contributed by atoms with Crippen LogP contribution in [0.5, 0.6) is 0 Å². The highest BCUT2D eigenvalue weighted by Gasteiger charge is 2.44. The Morgan fingerprint density at radius 1 is 1.18 bits per heavy atom. The molecule has 11 heavy (non-hydrogen) atoms. The van der Waals surface area contributed by atoms with Crippen molar-refractivity contribution in [1.82, 2.24) is 4.31 Å². The molecule has 2 N–H and O–H groups in total. The Labute approximate surface area is 71.6 Å². The first kappa shape index (κ1) is 7.86. The van der Waals surface area contributed by atoms with Crippen LogP contribution in [0.3, 0.4) is 0 Å². The van der Waals surface area contributed by atoms with E-state index in [9.17, 15) is 10.2 Å². The van der Waals surface area contributed by atoms with Gasteiger partial charge < -0.3 is 10.2 Å². The third-order valence-corrected chi connectivity index (χ3v) is 3.35. The van der Waals surface area contributed by atoms with Crippen LogP contribution in [0.2, 0.25) is 0 Å². The number of aliphatic hydroxyl groups excluding tert-OH is 2. The zero-order valence-electron chi connectivity index (χ0n) is 6.22. The van der Waals surface area contributed by atoms with Crippen molar-refractivity contribution in [1.29, 1.82) is 0 Å². The second-order valence-corrected chi connectivity index (χ2v) is 3.99. The van der Waals surface area contributed by atoms with Crippen LogP contribution in [0.15, 0.2) is 0 Å². The summed E-state index contributed by atoms with van der Waals surface area (Å²) in [4.78, 5) is 0. The molecule has 2 fully saturated rings. The van der Waals surface area contributed by atoms with Crippen molar-refractivity contribution in [2.24, 2.45) is 0 Å². The molecule has 4 heteroatoms. The van der Waals surface area contributed by atoms with Gasteiger partial charge in [0.2, 0.25) is 0 Å². The predicted octanol–water partition coefficient (Wildman–Crippen LogP) is -0.210. The Morgan fingerprint density at radius 2 is 1.91 bits per heavy atom. The Hall–Kier alpha value is 0.230. The van der Waals surface area contributed by atoms with Gasteiger partial charge in [-0.15, -0.1) is 0 Å². The van der Waals surface area contributed by atoms with E-state index in [0.717, 1.165) is 12.8 Å². The minimum Gasteiger partial charge on any atom is -0.393 e. The highest BCUT2D eigenvalue weighted by Crippen LogP contribution is 2.36. The predicted molar refractivity (Wildman–Crippen MR) is 44.3 cm³/mol. The molecule has 0 aromatic carbocycles. The van der Waals surface area contributed by atoms with Crippen LogP contribution in [0, 0.1) is 0 Å². The molecule has 3 nitrogen and oxygen atoms in total. The van der Waals surface area contributed by atoms with Gasteiger partial charge in [-0.2, -0.15) is 0 Å². The van der Waals surface area contributed by atoms with Crippen LogP contribution in [-0.4, -0.2) is 38.8 Å². The summed E-state index contributed by atoms with van der Waals surface area (Å²) in [5, 5.41) is 18.8. The Kier molecular flexibility index (Phi) is 1.87. The zero-order valence-corrected chi connectivity index (χ0v) is 7.11. The lowest BCUT2D eigenvalue weighted by Crippen LogP contribution is -2.41. The number of hydrogen-bond acceptors (Lipinski definition) is 4. The normalized spacial score (nSPS) is 51.5. The van der Waals surface area contributed by atoms with Crippen LogP contribution in [-0.2, 0) is 0 Å². The van der Waals surface area contributed by atoms with Gasteiger partial charge in [0.05, 0.1) is 12.2 Å². The summed E-state index contributed by atoms with van der Waals surface area (Å²) in [6.07, 6.45) is 1.68. The van der Waals surface area contributed by atoms with E-state index in [1.54, 1.807) is 0 Å². The molecule has 0 aromatic heterocycles. The SMILES string of the molecule is OC1CC2CC(O)C(C1)N2S. The van der Waals surface area contributed by atoms with E-state index < -0.39 is 0 Å². The Bertz CT molecular complexity index is 165. The Balaban J connectivity index is 2.14. The summed E-state index contributed by atoms with van der Waals surface area (Å²) in [5.41, 5.74) is 0. The zero-order chi connectivity index (χ0) is 8.01. The number of rotatable bonds is 0. The number of nitrogens with zero attached hydrogens (tertiary/aromatic N) is 1. The number of thiol groups is 1. The molecule has 4 atom stereocenters. The van der Waals surface area contributed by atoms with Crippen LogP contribution in [0.25, 0.3) is 0 Å². The highest BCUT2D eigenvalue weighted by molar-refractivity contribution is 7.77. The number of aliphatic hydroxyl groups is 2. The molecule has 0 aliphatic carbocycles. The van der Waals surface area contributed by atoms with Gasteiger partial charge in [-0.05, 0) is 19.3 Å². The smallest absolute Gasteiger partial charge is 0.0721 e. The Morgan fingerprint density at radius 3 is 2.55 bits per heavy atom. The van der Waals surface area contributed by atoms with Crippen LogP contribution in [0.1, 0.15) is 19.3 Å². The minimum absolute atomic E-state index is 0.0760. The van der Waals surface area contributed by atoms with Gasteiger partial charge >= 0.3 is 0 Å². The molecule has 0 aromatic rings. The molecular formula is C7H13NO2S. The summed E-state index contributed by atoms with van der Waals surface area (Å²) >= 11 is 4.28. The number of hydrogen-bond donors (Lipinski definition) is 3. The van der Waals surface area contributed by atoms with Crippen molar-refractivity contribution in [3.63, 3.8) is 0 Å². The fourth-order valence-corrected chi connectivity index (χ4v) is 2.59. The lowest BCUT2D eigenvalue weighted by atomic mass is 10.0. The third kappa shape index (κ3) is 1.18. The topological polar surface area (TPSA) is 43.7 Å². The average Bonchev–Trinajstić information content (AvgIpc) is 2.17. The molecule has 0 radical (unpaired) electrons. The second kappa shape index (κ2) is 2.62. The van der Waals surface area contributed by atoms with E-state index in [-0.39, 0.29) is 24.3 Å². The number of piperidine rings is 1. The fourth-order valence-electron chi connectivity index (χ4n) is 2.15. The molecule has 2 aliphatic rings. The summed E-state index contributed by atoms with van der Waals surface area (Å²) in [7, 11) is 0. The van der Waals surface area contributed by atoms with Gasteiger partial charge in [0.15, 0.2) is 0 Å².